The standard InChI is InChI=1S/C19H18N4O4/c1-2-15(27-19(26)13-8-10-20-11-9-13)18(25)21-16-12-17(24)23(22-16)14-6-4-3-5-7-14/h3-12,15,22H,2H2,1H3,(H,21,25). The Hall–Kier alpha value is -3.68. The van der Waals surface area contributed by atoms with E-state index < -0.39 is 18.0 Å². The third kappa shape index (κ3) is 4.30. The topological polar surface area (TPSA) is 106 Å². The molecule has 0 fully saturated rings. The number of para-hydroxylation sites is 1. The summed E-state index contributed by atoms with van der Waals surface area (Å²) in [6.07, 6.45) is 2.23. The molecule has 2 N–H and O–H groups in total. The Balaban J connectivity index is 1.70. The lowest BCUT2D eigenvalue weighted by atomic mass is 10.2. The number of aromatic nitrogens is 3. The molecule has 138 valence electrons. The van der Waals surface area contributed by atoms with Gasteiger partial charge in [0.2, 0.25) is 0 Å². The van der Waals surface area contributed by atoms with Crippen LogP contribution in [0.2, 0.25) is 0 Å². The van der Waals surface area contributed by atoms with Gasteiger partial charge in [0.05, 0.1) is 11.3 Å². The third-order valence-electron chi connectivity index (χ3n) is 3.82. The Bertz CT molecular complexity index is 980. The molecule has 8 nitrogen and oxygen atoms in total. The van der Waals surface area contributed by atoms with E-state index in [2.05, 4.69) is 15.4 Å². The molecule has 1 unspecified atom stereocenters. The van der Waals surface area contributed by atoms with E-state index >= 15 is 0 Å². The van der Waals surface area contributed by atoms with Gasteiger partial charge < -0.3 is 10.1 Å². The quantitative estimate of drug-likeness (QED) is 0.650. The molecule has 0 spiro atoms. The molecule has 0 radical (unpaired) electrons. The number of esters is 1. The summed E-state index contributed by atoms with van der Waals surface area (Å²) in [6.45, 7) is 1.72. The van der Waals surface area contributed by atoms with Crippen LogP contribution in [-0.4, -0.2) is 32.7 Å². The highest BCUT2D eigenvalue weighted by atomic mass is 16.5. The molecule has 8 heteroatoms. The number of carbonyl (C=O) groups is 2. The van der Waals surface area contributed by atoms with Gasteiger partial charge >= 0.3 is 5.97 Å². The number of hydrogen-bond donors (Lipinski definition) is 2. The van der Waals surface area contributed by atoms with E-state index in [0.717, 1.165) is 0 Å². The zero-order chi connectivity index (χ0) is 19.2. The van der Waals surface area contributed by atoms with Crippen LogP contribution >= 0.6 is 0 Å². The Morgan fingerprint density at radius 1 is 1.19 bits per heavy atom. The zero-order valence-electron chi connectivity index (χ0n) is 14.6. The maximum absolute atomic E-state index is 12.4. The molecule has 3 rings (SSSR count). The number of carbonyl (C=O) groups excluding carboxylic acids is 2. The zero-order valence-corrected chi connectivity index (χ0v) is 14.6. The first-order chi connectivity index (χ1) is 13.1. The number of nitrogens with one attached hydrogen (secondary N) is 2. The second-order valence-corrected chi connectivity index (χ2v) is 5.71. The van der Waals surface area contributed by atoms with Crippen molar-refractivity contribution in [3.8, 4) is 5.69 Å². The van der Waals surface area contributed by atoms with E-state index in [0.29, 0.717) is 11.3 Å². The van der Waals surface area contributed by atoms with Gasteiger partial charge in [-0.1, -0.05) is 25.1 Å². The number of aromatic amines is 1. The van der Waals surface area contributed by atoms with E-state index in [9.17, 15) is 14.4 Å². The van der Waals surface area contributed by atoms with Gasteiger partial charge in [-0.05, 0) is 30.7 Å². The smallest absolute Gasteiger partial charge is 0.339 e. The fraction of sp³-hybridized carbons (Fsp3) is 0.158. The van der Waals surface area contributed by atoms with Crippen molar-refractivity contribution in [2.75, 3.05) is 5.32 Å². The van der Waals surface area contributed by atoms with Gasteiger partial charge in [0.1, 0.15) is 5.82 Å². The molecular weight excluding hydrogens is 348 g/mol. The molecule has 1 amide bonds. The molecule has 0 aliphatic carbocycles. The average Bonchev–Trinajstić information content (AvgIpc) is 3.07. The molecule has 3 aromatic rings. The van der Waals surface area contributed by atoms with Crippen LogP contribution in [0, 0.1) is 0 Å². The number of nitrogens with zero attached hydrogens (tertiary/aromatic N) is 2. The maximum atomic E-state index is 12.4. The molecule has 1 atom stereocenters. The summed E-state index contributed by atoms with van der Waals surface area (Å²) in [4.78, 5) is 40.5. The van der Waals surface area contributed by atoms with Gasteiger partial charge in [0.25, 0.3) is 11.5 Å². The van der Waals surface area contributed by atoms with Crippen molar-refractivity contribution in [2.24, 2.45) is 0 Å². The van der Waals surface area contributed by atoms with Gasteiger partial charge in [0.15, 0.2) is 6.10 Å². The lowest BCUT2D eigenvalue weighted by Gasteiger charge is -2.15. The number of ether oxygens (including phenoxy) is 1. The maximum Gasteiger partial charge on any atom is 0.339 e. The van der Waals surface area contributed by atoms with E-state index in [-0.39, 0.29) is 17.8 Å². The fourth-order valence-electron chi connectivity index (χ4n) is 2.45. The second kappa shape index (κ2) is 8.13. The van der Waals surface area contributed by atoms with Gasteiger partial charge in [-0.2, -0.15) is 0 Å². The molecule has 0 aliphatic rings. The number of hydrogen-bond acceptors (Lipinski definition) is 5. The normalized spacial score (nSPS) is 11.6. The predicted octanol–water partition coefficient (Wildman–Crippen LogP) is 2.13. The number of H-pyrrole nitrogens is 1. The van der Waals surface area contributed by atoms with Crippen LogP contribution in [0.5, 0.6) is 0 Å². The Morgan fingerprint density at radius 3 is 2.56 bits per heavy atom. The highest BCUT2D eigenvalue weighted by molar-refractivity contribution is 5.96. The van der Waals surface area contributed by atoms with Crippen LogP contribution in [0.25, 0.3) is 5.69 Å². The highest BCUT2D eigenvalue weighted by Gasteiger charge is 2.23. The number of pyridine rings is 1. The van der Waals surface area contributed by atoms with Crippen molar-refractivity contribution in [2.45, 2.75) is 19.4 Å². The average molecular weight is 366 g/mol. The van der Waals surface area contributed by atoms with Crippen molar-refractivity contribution >= 4 is 17.7 Å². The molecular formula is C19H18N4O4. The number of rotatable bonds is 6. The van der Waals surface area contributed by atoms with Crippen molar-refractivity contribution < 1.29 is 14.3 Å². The van der Waals surface area contributed by atoms with Crippen LogP contribution in [-0.2, 0) is 9.53 Å². The molecule has 2 aromatic heterocycles. The van der Waals surface area contributed by atoms with Crippen LogP contribution in [0.4, 0.5) is 5.82 Å². The van der Waals surface area contributed by atoms with Crippen molar-refractivity contribution in [3.05, 3.63) is 76.8 Å². The Labute approximate surface area is 154 Å². The van der Waals surface area contributed by atoms with Crippen molar-refractivity contribution in [1.29, 1.82) is 0 Å². The predicted molar refractivity (Wildman–Crippen MR) is 98.8 cm³/mol. The van der Waals surface area contributed by atoms with Crippen LogP contribution < -0.4 is 10.9 Å². The molecule has 0 bridgehead atoms. The molecule has 0 saturated heterocycles. The minimum absolute atomic E-state index is 0.215. The van der Waals surface area contributed by atoms with Gasteiger partial charge in [-0.15, -0.1) is 0 Å². The second-order valence-electron chi connectivity index (χ2n) is 5.71. The molecule has 27 heavy (non-hydrogen) atoms. The van der Waals surface area contributed by atoms with E-state index in [1.165, 1.54) is 35.3 Å². The van der Waals surface area contributed by atoms with Crippen molar-refractivity contribution in [3.63, 3.8) is 0 Å². The summed E-state index contributed by atoms with van der Waals surface area (Å²) in [5, 5.41) is 5.39. The molecule has 1 aromatic carbocycles. The van der Waals surface area contributed by atoms with Crippen LogP contribution in [0.15, 0.2) is 65.7 Å². The first kappa shape index (κ1) is 18.1. The SMILES string of the molecule is CCC(OC(=O)c1ccncc1)C(=O)Nc1cc(=O)n(-c2ccccc2)[nH]1. The summed E-state index contributed by atoms with van der Waals surface area (Å²) in [6, 6.07) is 13.2. The Morgan fingerprint density at radius 2 is 1.89 bits per heavy atom. The lowest BCUT2D eigenvalue weighted by Crippen LogP contribution is -2.32. The minimum atomic E-state index is -0.991. The van der Waals surface area contributed by atoms with Crippen LogP contribution in [0.3, 0.4) is 0 Å². The van der Waals surface area contributed by atoms with E-state index in [1.54, 1.807) is 31.2 Å². The van der Waals surface area contributed by atoms with Gasteiger partial charge in [-0.25, -0.2) is 9.48 Å². The largest absolute Gasteiger partial charge is 0.449 e. The first-order valence-electron chi connectivity index (χ1n) is 8.38. The Kier molecular flexibility index (Phi) is 5.46. The van der Waals surface area contributed by atoms with Crippen LogP contribution in [0.1, 0.15) is 23.7 Å². The highest BCUT2D eigenvalue weighted by Crippen LogP contribution is 2.10. The number of anilines is 1. The fourth-order valence-corrected chi connectivity index (χ4v) is 2.45. The monoisotopic (exact) mass is 366 g/mol. The lowest BCUT2D eigenvalue weighted by molar-refractivity contribution is -0.124. The summed E-state index contributed by atoms with van der Waals surface area (Å²) < 4.78 is 6.57. The molecule has 0 saturated carbocycles. The third-order valence-corrected chi connectivity index (χ3v) is 3.82. The molecule has 0 aliphatic heterocycles. The van der Waals surface area contributed by atoms with E-state index in [4.69, 9.17) is 4.74 Å². The number of benzene rings is 1. The summed E-state index contributed by atoms with van der Waals surface area (Å²) in [5.74, 6) is -0.927. The van der Waals surface area contributed by atoms with Gasteiger partial charge in [0, 0.05) is 18.5 Å². The first-order valence-corrected chi connectivity index (χ1v) is 8.38. The summed E-state index contributed by atoms with van der Waals surface area (Å²) >= 11 is 0. The van der Waals surface area contributed by atoms with Gasteiger partial charge in [-0.3, -0.25) is 19.7 Å². The number of amides is 1. The summed E-state index contributed by atoms with van der Waals surface area (Å²) in [7, 11) is 0. The minimum Gasteiger partial charge on any atom is -0.449 e. The summed E-state index contributed by atoms with van der Waals surface area (Å²) in [5.41, 5.74) is 0.623. The van der Waals surface area contributed by atoms with E-state index in [1.807, 2.05) is 6.07 Å². The molecule has 2 heterocycles. The van der Waals surface area contributed by atoms with Crippen molar-refractivity contribution in [1.82, 2.24) is 14.8 Å².